The molecule has 18 heavy (non-hydrogen) atoms. The molecule has 0 fully saturated rings. The van der Waals surface area contributed by atoms with Crippen LogP contribution in [0.2, 0.25) is 0 Å². The van der Waals surface area contributed by atoms with Gasteiger partial charge in [0, 0.05) is 32.6 Å². The highest BCUT2D eigenvalue weighted by Crippen LogP contribution is 2.18. The predicted octanol–water partition coefficient (Wildman–Crippen LogP) is 0.504. The molecule has 102 valence electrons. The Hall–Kier alpha value is -0.820. The van der Waals surface area contributed by atoms with Crippen molar-refractivity contribution in [2.45, 2.75) is 20.3 Å². The molecular formula is C12H21N3O2S. The summed E-state index contributed by atoms with van der Waals surface area (Å²) < 4.78 is 0. The van der Waals surface area contributed by atoms with Crippen LogP contribution in [0.5, 0.6) is 0 Å². The summed E-state index contributed by atoms with van der Waals surface area (Å²) in [6.07, 6.45) is 0.502. The Bertz CT molecular complexity index is 379. The number of aryl methyl sites for hydroxylation is 2. The zero-order chi connectivity index (χ0) is 13.4. The van der Waals surface area contributed by atoms with E-state index in [1.165, 1.54) is 11.3 Å². The quantitative estimate of drug-likeness (QED) is 0.451. The lowest BCUT2D eigenvalue weighted by molar-refractivity contribution is 0.0986. The second-order valence-electron chi connectivity index (χ2n) is 4.04. The Morgan fingerprint density at radius 3 is 2.44 bits per heavy atom. The molecule has 1 aromatic heterocycles. The number of thiazole rings is 1. The van der Waals surface area contributed by atoms with Gasteiger partial charge in [0.2, 0.25) is 0 Å². The molecule has 1 aromatic rings. The second-order valence-corrected chi connectivity index (χ2v) is 5.25. The Balaban J connectivity index is 2.16. The number of aromatic nitrogens is 1. The molecule has 0 aliphatic carbocycles. The molecular weight excluding hydrogens is 250 g/mol. The molecule has 0 aliphatic rings. The Morgan fingerprint density at radius 2 is 1.89 bits per heavy atom. The van der Waals surface area contributed by atoms with Crippen molar-refractivity contribution in [2.75, 3.05) is 32.8 Å². The number of hydrogen-bond donors (Lipinski definition) is 3. The third-order valence-corrected chi connectivity index (χ3v) is 3.57. The lowest BCUT2D eigenvalue weighted by Crippen LogP contribution is -2.30. The molecule has 0 atom stereocenters. The molecule has 1 rings (SSSR count). The van der Waals surface area contributed by atoms with E-state index in [-0.39, 0.29) is 12.4 Å². The van der Waals surface area contributed by atoms with Gasteiger partial charge in [-0.15, -0.1) is 11.3 Å². The van der Waals surface area contributed by atoms with E-state index < -0.39 is 0 Å². The van der Waals surface area contributed by atoms with Crippen LogP contribution in [-0.2, 0) is 0 Å². The number of hydrogen-bond acceptors (Lipinski definition) is 6. The highest BCUT2D eigenvalue weighted by Gasteiger charge is 2.12. The fraction of sp³-hybridized carbons (Fsp3) is 0.667. The Labute approximate surface area is 112 Å². The smallest absolute Gasteiger partial charge is 0.175 e. The maximum Gasteiger partial charge on any atom is 0.175 e. The van der Waals surface area contributed by atoms with Crippen molar-refractivity contribution in [1.29, 1.82) is 0 Å². The van der Waals surface area contributed by atoms with Gasteiger partial charge in [0.15, 0.2) is 5.78 Å². The van der Waals surface area contributed by atoms with E-state index in [1.807, 2.05) is 13.8 Å². The third-order valence-electron chi connectivity index (χ3n) is 2.45. The van der Waals surface area contributed by atoms with Gasteiger partial charge < -0.3 is 15.7 Å². The molecule has 3 N–H and O–H groups in total. The van der Waals surface area contributed by atoms with E-state index in [0.717, 1.165) is 28.7 Å². The van der Waals surface area contributed by atoms with Crippen molar-refractivity contribution in [2.24, 2.45) is 0 Å². The number of aliphatic hydroxyl groups is 1. The van der Waals surface area contributed by atoms with Crippen LogP contribution in [0.25, 0.3) is 0 Å². The van der Waals surface area contributed by atoms with Crippen molar-refractivity contribution in [3.63, 3.8) is 0 Å². The number of rotatable bonds is 9. The van der Waals surface area contributed by atoms with E-state index in [1.54, 1.807) is 0 Å². The van der Waals surface area contributed by atoms with Gasteiger partial charge >= 0.3 is 0 Å². The summed E-state index contributed by atoms with van der Waals surface area (Å²) >= 11 is 1.47. The molecule has 0 aliphatic heterocycles. The van der Waals surface area contributed by atoms with Gasteiger partial charge in [-0.1, -0.05) is 0 Å². The van der Waals surface area contributed by atoms with E-state index in [9.17, 15) is 4.79 Å². The maximum absolute atomic E-state index is 11.9. The van der Waals surface area contributed by atoms with Crippen LogP contribution in [0.3, 0.4) is 0 Å². The first-order valence-corrected chi connectivity index (χ1v) is 6.96. The predicted molar refractivity (Wildman–Crippen MR) is 73.4 cm³/mol. The van der Waals surface area contributed by atoms with Gasteiger partial charge in [-0.25, -0.2) is 4.98 Å². The zero-order valence-electron chi connectivity index (χ0n) is 11.0. The first kappa shape index (κ1) is 15.2. The molecule has 0 saturated heterocycles. The maximum atomic E-state index is 11.9. The van der Waals surface area contributed by atoms with Crippen LogP contribution in [0.15, 0.2) is 0 Å². The van der Waals surface area contributed by atoms with Crippen LogP contribution in [-0.4, -0.2) is 48.7 Å². The summed E-state index contributed by atoms with van der Waals surface area (Å²) in [6.45, 7) is 6.84. The Morgan fingerprint density at radius 1 is 1.22 bits per heavy atom. The van der Waals surface area contributed by atoms with E-state index in [2.05, 4.69) is 15.6 Å². The first-order valence-electron chi connectivity index (χ1n) is 6.14. The minimum atomic E-state index is 0.155. The summed E-state index contributed by atoms with van der Waals surface area (Å²) in [5.74, 6) is 0.161. The van der Waals surface area contributed by atoms with Crippen LogP contribution < -0.4 is 10.6 Å². The zero-order valence-corrected chi connectivity index (χ0v) is 11.8. The van der Waals surface area contributed by atoms with Crippen LogP contribution >= 0.6 is 11.3 Å². The van der Waals surface area contributed by atoms with Gasteiger partial charge in [-0.05, 0) is 13.8 Å². The third kappa shape index (κ3) is 5.22. The Kier molecular flexibility index (Phi) is 7.04. The average molecular weight is 271 g/mol. The highest BCUT2D eigenvalue weighted by molar-refractivity contribution is 7.13. The highest BCUT2D eigenvalue weighted by atomic mass is 32.1. The molecule has 0 unspecified atom stereocenters. The van der Waals surface area contributed by atoms with Crippen molar-refractivity contribution in [3.05, 3.63) is 15.6 Å². The number of nitrogens with one attached hydrogen (secondary N) is 2. The number of carbonyl (C=O) groups is 1. The number of aliphatic hydroxyl groups excluding tert-OH is 1. The summed E-state index contributed by atoms with van der Waals surface area (Å²) in [5, 5.41) is 15.8. The summed E-state index contributed by atoms with van der Waals surface area (Å²) in [6, 6.07) is 0. The van der Waals surface area contributed by atoms with Gasteiger partial charge in [0.25, 0.3) is 0 Å². The van der Waals surface area contributed by atoms with Crippen molar-refractivity contribution >= 4 is 17.1 Å². The van der Waals surface area contributed by atoms with Crippen LogP contribution in [0, 0.1) is 13.8 Å². The van der Waals surface area contributed by atoms with Gasteiger partial charge in [0.1, 0.15) is 0 Å². The molecule has 6 heteroatoms. The molecule has 0 bridgehead atoms. The van der Waals surface area contributed by atoms with Crippen LogP contribution in [0.4, 0.5) is 0 Å². The van der Waals surface area contributed by atoms with Gasteiger partial charge in [-0.3, -0.25) is 4.79 Å². The summed E-state index contributed by atoms with van der Waals surface area (Å²) in [5.41, 5.74) is 0.840. The first-order chi connectivity index (χ1) is 8.65. The van der Waals surface area contributed by atoms with E-state index >= 15 is 0 Å². The molecule has 0 saturated carbocycles. The number of nitrogens with zero attached hydrogens (tertiary/aromatic N) is 1. The second kappa shape index (κ2) is 8.31. The van der Waals surface area contributed by atoms with Crippen molar-refractivity contribution in [1.82, 2.24) is 15.6 Å². The monoisotopic (exact) mass is 271 g/mol. The topological polar surface area (TPSA) is 74.2 Å². The fourth-order valence-electron chi connectivity index (χ4n) is 1.61. The normalized spacial score (nSPS) is 10.8. The van der Waals surface area contributed by atoms with Crippen molar-refractivity contribution in [3.8, 4) is 0 Å². The summed E-state index contributed by atoms with van der Waals surface area (Å²) in [7, 11) is 0. The average Bonchev–Trinajstić information content (AvgIpc) is 2.67. The fourth-order valence-corrected chi connectivity index (χ4v) is 2.50. The van der Waals surface area contributed by atoms with Crippen LogP contribution in [0.1, 0.15) is 26.8 Å². The van der Waals surface area contributed by atoms with E-state index in [0.29, 0.717) is 19.5 Å². The molecule has 1 heterocycles. The van der Waals surface area contributed by atoms with E-state index in [4.69, 9.17) is 5.11 Å². The number of Topliss-reactive ketones (excluding diaryl/α,β-unsaturated/α-hetero) is 1. The minimum Gasteiger partial charge on any atom is -0.395 e. The molecule has 0 radical (unpaired) electrons. The largest absolute Gasteiger partial charge is 0.395 e. The van der Waals surface area contributed by atoms with Gasteiger partial charge in [0.05, 0.1) is 22.2 Å². The van der Waals surface area contributed by atoms with Gasteiger partial charge in [-0.2, -0.15) is 0 Å². The lowest BCUT2D eigenvalue weighted by Gasteiger charge is -2.04. The minimum absolute atomic E-state index is 0.155. The molecule has 0 amide bonds. The molecule has 0 spiro atoms. The number of carbonyl (C=O) groups excluding carboxylic acids is 1. The SMILES string of the molecule is Cc1nc(C)c(C(=O)CCNCCNCCO)s1. The standard InChI is InChI=1S/C12H21N3O2S/c1-9-12(18-10(2)15-9)11(17)3-4-13-5-6-14-7-8-16/h13-14,16H,3-8H2,1-2H3. The summed E-state index contributed by atoms with van der Waals surface area (Å²) in [4.78, 5) is 16.9. The molecule has 0 aromatic carbocycles. The molecule has 5 nitrogen and oxygen atoms in total. The lowest BCUT2D eigenvalue weighted by atomic mass is 10.2. The van der Waals surface area contributed by atoms with Crippen molar-refractivity contribution < 1.29 is 9.90 Å². The number of ketones is 1.